The maximum atomic E-state index is 13.5. The van der Waals surface area contributed by atoms with E-state index in [0.717, 1.165) is 29.8 Å². The Bertz CT molecular complexity index is 650. The maximum absolute atomic E-state index is 13.5. The number of benzene rings is 1. The van der Waals surface area contributed by atoms with Gasteiger partial charge in [0, 0.05) is 23.9 Å². The summed E-state index contributed by atoms with van der Waals surface area (Å²) in [5.41, 5.74) is 1.06. The first-order valence-electron chi connectivity index (χ1n) is 7.87. The number of halogens is 1. The number of nitrogens with zero attached hydrogens (tertiary/aromatic N) is 3. The molecule has 1 N–H and O–H groups in total. The molecule has 0 radical (unpaired) electrons. The molecule has 1 heterocycles. The molecule has 1 aromatic heterocycles. The first kappa shape index (κ1) is 15.2. The second-order valence-corrected chi connectivity index (χ2v) is 6.68. The minimum atomic E-state index is -0.255. The van der Waals surface area contributed by atoms with E-state index in [1.165, 1.54) is 44.1 Å². The summed E-state index contributed by atoms with van der Waals surface area (Å²) in [7, 11) is 4.24. The highest BCUT2D eigenvalue weighted by atomic mass is 19.1. The van der Waals surface area contributed by atoms with Gasteiger partial charge in [-0.25, -0.2) is 14.4 Å². The number of anilines is 1. The summed E-state index contributed by atoms with van der Waals surface area (Å²) in [5, 5.41) is 4.21. The molecule has 118 valence electrons. The molecule has 1 aromatic carbocycles. The molecular weight excluding hydrogens is 279 g/mol. The molecule has 1 aliphatic carbocycles. The molecule has 4 nitrogen and oxygen atoms in total. The molecule has 0 bridgehead atoms. The minimum Gasteiger partial charge on any atom is -0.369 e. The fraction of sp³-hybridized carbons (Fsp3) is 0.529. The van der Waals surface area contributed by atoms with Crippen molar-refractivity contribution >= 4 is 16.7 Å². The first-order chi connectivity index (χ1) is 10.6. The van der Waals surface area contributed by atoms with Gasteiger partial charge in [0.25, 0.3) is 0 Å². The van der Waals surface area contributed by atoms with Crippen LogP contribution in [0.25, 0.3) is 10.9 Å². The van der Waals surface area contributed by atoms with E-state index >= 15 is 0 Å². The molecule has 2 aromatic rings. The van der Waals surface area contributed by atoms with E-state index in [4.69, 9.17) is 0 Å². The van der Waals surface area contributed by atoms with Gasteiger partial charge in [-0.2, -0.15) is 0 Å². The summed E-state index contributed by atoms with van der Waals surface area (Å²) in [6.07, 6.45) is 6.57. The Morgan fingerprint density at radius 1 is 1.23 bits per heavy atom. The second kappa shape index (κ2) is 6.16. The molecule has 1 fully saturated rings. The summed E-state index contributed by atoms with van der Waals surface area (Å²) in [5.74, 6) is 0.476. The predicted octanol–water partition coefficient (Wildman–Crippen LogP) is 3.30. The predicted molar refractivity (Wildman–Crippen MR) is 87.4 cm³/mol. The molecule has 0 atom stereocenters. The van der Waals surface area contributed by atoms with Crippen LogP contribution in [0.1, 0.15) is 25.7 Å². The minimum absolute atomic E-state index is 0.255. The smallest absolute Gasteiger partial charge is 0.137 e. The Morgan fingerprint density at radius 2 is 2.00 bits per heavy atom. The highest BCUT2D eigenvalue weighted by molar-refractivity contribution is 5.88. The Kier molecular flexibility index (Phi) is 4.25. The summed E-state index contributed by atoms with van der Waals surface area (Å²) < 4.78 is 13.5. The Labute approximate surface area is 130 Å². The maximum Gasteiger partial charge on any atom is 0.137 e. The Hall–Kier alpha value is -1.75. The van der Waals surface area contributed by atoms with Gasteiger partial charge in [-0.15, -0.1) is 0 Å². The Balaban J connectivity index is 1.82. The second-order valence-electron chi connectivity index (χ2n) is 6.68. The van der Waals surface area contributed by atoms with Gasteiger partial charge in [0.15, 0.2) is 0 Å². The summed E-state index contributed by atoms with van der Waals surface area (Å²) >= 11 is 0. The number of hydrogen-bond acceptors (Lipinski definition) is 4. The van der Waals surface area contributed by atoms with Gasteiger partial charge in [0.05, 0.1) is 5.52 Å². The molecule has 22 heavy (non-hydrogen) atoms. The van der Waals surface area contributed by atoms with Crippen LogP contribution in [0.4, 0.5) is 10.2 Å². The highest BCUT2D eigenvalue weighted by Crippen LogP contribution is 2.38. The molecule has 0 aliphatic heterocycles. The molecule has 5 heteroatoms. The molecule has 1 aliphatic rings. The van der Waals surface area contributed by atoms with E-state index < -0.39 is 0 Å². The molecule has 0 amide bonds. The lowest BCUT2D eigenvalue weighted by molar-refractivity contribution is 0.215. The average molecular weight is 302 g/mol. The van der Waals surface area contributed by atoms with Crippen LogP contribution in [0, 0.1) is 11.2 Å². The van der Waals surface area contributed by atoms with Gasteiger partial charge in [-0.1, -0.05) is 12.8 Å². The van der Waals surface area contributed by atoms with E-state index in [1.807, 2.05) is 0 Å². The Morgan fingerprint density at radius 3 is 2.73 bits per heavy atom. The van der Waals surface area contributed by atoms with Gasteiger partial charge in [0.2, 0.25) is 0 Å². The van der Waals surface area contributed by atoms with E-state index in [2.05, 4.69) is 34.3 Å². The topological polar surface area (TPSA) is 41.0 Å². The van der Waals surface area contributed by atoms with E-state index in [0.29, 0.717) is 0 Å². The van der Waals surface area contributed by atoms with Gasteiger partial charge in [0.1, 0.15) is 18.0 Å². The summed E-state index contributed by atoms with van der Waals surface area (Å²) in [6.45, 7) is 1.94. The monoisotopic (exact) mass is 302 g/mol. The van der Waals surface area contributed by atoms with Crippen molar-refractivity contribution in [1.82, 2.24) is 14.9 Å². The van der Waals surface area contributed by atoms with Gasteiger partial charge < -0.3 is 10.2 Å². The van der Waals surface area contributed by atoms with Crippen molar-refractivity contribution < 1.29 is 4.39 Å². The van der Waals surface area contributed by atoms with Crippen molar-refractivity contribution in [2.24, 2.45) is 5.41 Å². The lowest BCUT2D eigenvalue weighted by Gasteiger charge is -2.32. The first-order valence-corrected chi connectivity index (χ1v) is 7.87. The van der Waals surface area contributed by atoms with E-state index in [-0.39, 0.29) is 11.2 Å². The lowest BCUT2D eigenvalue weighted by Crippen LogP contribution is -2.37. The van der Waals surface area contributed by atoms with E-state index in [1.54, 1.807) is 6.07 Å². The summed E-state index contributed by atoms with van der Waals surface area (Å²) in [6, 6.07) is 4.64. The van der Waals surface area contributed by atoms with Crippen LogP contribution in [0.3, 0.4) is 0 Å². The lowest BCUT2D eigenvalue weighted by atomic mass is 9.85. The third-order valence-corrected chi connectivity index (χ3v) is 4.54. The number of rotatable bonds is 5. The fourth-order valence-electron chi connectivity index (χ4n) is 3.63. The normalized spacial score (nSPS) is 17.3. The number of hydrogen-bond donors (Lipinski definition) is 1. The van der Waals surface area contributed by atoms with Crippen molar-refractivity contribution in [2.45, 2.75) is 25.7 Å². The van der Waals surface area contributed by atoms with Crippen LogP contribution in [0.5, 0.6) is 0 Å². The van der Waals surface area contributed by atoms with Crippen LogP contribution in [0.15, 0.2) is 24.5 Å². The fourth-order valence-corrected chi connectivity index (χ4v) is 3.63. The van der Waals surface area contributed by atoms with Crippen LogP contribution in [-0.4, -0.2) is 42.1 Å². The van der Waals surface area contributed by atoms with Crippen molar-refractivity contribution in [2.75, 3.05) is 32.5 Å². The average Bonchev–Trinajstić information content (AvgIpc) is 2.93. The van der Waals surface area contributed by atoms with Crippen molar-refractivity contribution in [3.05, 3.63) is 30.3 Å². The third-order valence-electron chi connectivity index (χ3n) is 4.54. The zero-order valence-electron chi connectivity index (χ0n) is 13.3. The molecular formula is C17H23FN4. The van der Waals surface area contributed by atoms with Crippen molar-refractivity contribution in [3.63, 3.8) is 0 Å². The zero-order chi connectivity index (χ0) is 15.6. The largest absolute Gasteiger partial charge is 0.369 e. The van der Waals surface area contributed by atoms with Crippen LogP contribution >= 0.6 is 0 Å². The van der Waals surface area contributed by atoms with Crippen LogP contribution in [0.2, 0.25) is 0 Å². The third kappa shape index (κ3) is 3.19. The SMILES string of the molecule is CN(C)CC1(CNc2ncnc3ccc(F)cc23)CCCC1. The van der Waals surface area contributed by atoms with Crippen molar-refractivity contribution in [1.29, 1.82) is 0 Å². The molecule has 3 rings (SSSR count). The van der Waals surface area contributed by atoms with Gasteiger partial charge in [-0.05, 0) is 45.1 Å². The zero-order valence-corrected chi connectivity index (χ0v) is 13.3. The van der Waals surface area contributed by atoms with Crippen LogP contribution < -0.4 is 5.32 Å². The standard InChI is InChI=1S/C17H23FN4/c1-22(2)11-17(7-3-4-8-17)10-19-16-14-9-13(18)5-6-15(14)20-12-21-16/h5-6,9,12H,3-4,7-8,10-11H2,1-2H3,(H,19,20,21). The van der Waals surface area contributed by atoms with Gasteiger partial charge >= 0.3 is 0 Å². The van der Waals surface area contributed by atoms with Gasteiger partial charge in [-0.3, -0.25) is 0 Å². The van der Waals surface area contributed by atoms with Crippen LogP contribution in [-0.2, 0) is 0 Å². The quantitative estimate of drug-likeness (QED) is 0.920. The molecule has 0 spiro atoms. The highest BCUT2D eigenvalue weighted by Gasteiger charge is 2.34. The number of nitrogens with one attached hydrogen (secondary N) is 1. The molecule has 0 unspecified atom stereocenters. The molecule has 1 saturated carbocycles. The molecule has 0 saturated heterocycles. The van der Waals surface area contributed by atoms with Crippen molar-refractivity contribution in [3.8, 4) is 0 Å². The van der Waals surface area contributed by atoms with E-state index in [9.17, 15) is 4.39 Å². The summed E-state index contributed by atoms with van der Waals surface area (Å²) in [4.78, 5) is 10.8. The number of aromatic nitrogens is 2. The number of fused-ring (bicyclic) bond motifs is 1.